The molecular formula is C10H19BrN4O. The van der Waals surface area contributed by atoms with Crippen molar-refractivity contribution in [1.82, 2.24) is 15.2 Å². The van der Waals surface area contributed by atoms with E-state index in [0.717, 1.165) is 23.1 Å². The van der Waals surface area contributed by atoms with E-state index in [0.29, 0.717) is 0 Å². The van der Waals surface area contributed by atoms with Crippen LogP contribution in [0.25, 0.3) is 0 Å². The lowest BCUT2D eigenvalue weighted by molar-refractivity contribution is 0.0797. The van der Waals surface area contributed by atoms with Crippen molar-refractivity contribution < 1.29 is 4.74 Å². The third-order valence-electron chi connectivity index (χ3n) is 2.58. The second-order valence-electron chi connectivity index (χ2n) is 3.69. The number of methoxy groups -OCH3 is 1. The van der Waals surface area contributed by atoms with Crippen molar-refractivity contribution >= 4 is 15.9 Å². The van der Waals surface area contributed by atoms with E-state index in [9.17, 15) is 0 Å². The largest absolute Gasteiger partial charge is 0.380 e. The Hall–Kier alpha value is -0.430. The van der Waals surface area contributed by atoms with Crippen molar-refractivity contribution in [2.45, 2.75) is 39.0 Å². The second-order valence-corrected chi connectivity index (χ2v) is 4.54. The summed E-state index contributed by atoms with van der Waals surface area (Å²) >= 11 is 3.49. The van der Waals surface area contributed by atoms with Crippen LogP contribution in [0.1, 0.15) is 32.0 Å². The molecule has 3 N–H and O–H groups in total. The highest BCUT2D eigenvalue weighted by molar-refractivity contribution is 9.10. The minimum absolute atomic E-state index is 0.0198. The Kier molecular flexibility index (Phi) is 5.40. The van der Waals surface area contributed by atoms with Crippen LogP contribution >= 0.6 is 15.9 Å². The predicted octanol–water partition coefficient (Wildman–Crippen LogP) is 1.59. The zero-order valence-corrected chi connectivity index (χ0v) is 11.5. The van der Waals surface area contributed by atoms with Crippen molar-refractivity contribution in [1.29, 1.82) is 0 Å². The van der Waals surface area contributed by atoms with Crippen molar-refractivity contribution in [2.75, 3.05) is 7.11 Å². The highest BCUT2D eigenvalue weighted by Gasteiger charge is 2.24. The minimum Gasteiger partial charge on any atom is -0.380 e. The summed E-state index contributed by atoms with van der Waals surface area (Å²) in [6, 6.07) is -0.0755. The van der Waals surface area contributed by atoms with Crippen LogP contribution in [0, 0.1) is 0 Å². The summed E-state index contributed by atoms with van der Waals surface area (Å²) in [5.74, 6) is 5.58. The first-order chi connectivity index (χ1) is 7.65. The molecule has 0 spiro atoms. The van der Waals surface area contributed by atoms with Crippen LogP contribution in [-0.4, -0.2) is 23.0 Å². The molecule has 5 nitrogen and oxygen atoms in total. The summed E-state index contributed by atoms with van der Waals surface area (Å²) in [4.78, 5) is 0. The van der Waals surface area contributed by atoms with Gasteiger partial charge in [-0.15, -0.1) is 0 Å². The number of hydrazine groups is 1. The molecule has 0 bridgehead atoms. The highest BCUT2D eigenvalue weighted by atomic mass is 79.9. The number of nitrogens with two attached hydrogens (primary N) is 1. The van der Waals surface area contributed by atoms with Crippen molar-refractivity contribution in [3.8, 4) is 0 Å². The summed E-state index contributed by atoms with van der Waals surface area (Å²) in [6.07, 6.45) is 2.80. The standard InChI is InChI=1S/C10H19BrN4O/c1-4-5-15-10(8(11)6-13-15)9(14-12)7(2)16-3/h6-7,9,14H,4-5,12H2,1-3H3. The lowest BCUT2D eigenvalue weighted by atomic mass is 10.1. The monoisotopic (exact) mass is 290 g/mol. The average Bonchev–Trinajstić information content (AvgIpc) is 2.63. The van der Waals surface area contributed by atoms with Gasteiger partial charge in [0.25, 0.3) is 0 Å². The van der Waals surface area contributed by atoms with Gasteiger partial charge in [0.15, 0.2) is 0 Å². The van der Waals surface area contributed by atoms with Gasteiger partial charge in [-0.2, -0.15) is 5.10 Å². The number of aryl methyl sites for hydroxylation is 1. The molecule has 0 aliphatic carbocycles. The topological polar surface area (TPSA) is 65.1 Å². The molecule has 16 heavy (non-hydrogen) atoms. The van der Waals surface area contributed by atoms with Crippen molar-refractivity contribution in [3.05, 3.63) is 16.4 Å². The maximum Gasteiger partial charge on any atom is 0.0898 e. The van der Waals surface area contributed by atoms with E-state index < -0.39 is 0 Å². The molecule has 0 aromatic carbocycles. The fraction of sp³-hybridized carbons (Fsp3) is 0.700. The number of ether oxygens (including phenoxy) is 1. The maximum absolute atomic E-state index is 5.58. The van der Waals surface area contributed by atoms with Crippen LogP contribution in [-0.2, 0) is 11.3 Å². The van der Waals surface area contributed by atoms with Crippen molar-refractivity contribution in [2.24, 2.45) is 5.84 Å². The number of aromatic nitrogens is 2. The third kappa shape index (κ3) is 2.82. The van der Waals surface area contributed by atoms with Crippen LogP contribution in [0.3, 0.4) is 0 Å². The molecule has 6 heteroatoms. The van der Waals surface area contributed by atoms with Gasteiger partial charge in [0.05, 0.1) is 28.5 Å². The minimum atomic E-state index is -0.0755. The first kappa shape index (κ1) is 13.6. The maximum atomic E-state index is 5.58. The Morgan fingerprint density at radius 2 is 2.38 bits per heavy atom. The fourth-order valence-electron chi connectivity index (χ4n) is 1.64. The molecule has 92 valence electrons. The number of nitrogens with zero attached hydrogens (tertiary/aromatic N) is 2. The molecule has 1 aromatic rings. The zero-order valence-electron chi connectivity index (χ0n) is 9.90. The van der Waals surface area contributed by atoms with E-state index >= 15 is 0 Å². The van der Waals surface area contributed by atoms with Gasteiger partial charge >= 0.3 is 0 Å². The van der Waals surface area contributed by atoms with Gasteiger partial charge in [0.1, 0.15) is 0 Å². The SMILES string of the molecule is CCCn1ncc(Br)c1C(NN)C(C)OC. The Morgan fingerprint density at radius 1 is 1.69 bits per heavy atom. The summed E-state index contributed by atoms with van der Waals surface area (Å²) < 4.78 is 8.21. The van der Waals surface area contributed by atoms with Crippen LogP contribution in [0.2, 0.25) is 0 Å². The molecule has 0 saturated carbocycles. The second kappa shape index (κ2) is 6.34. The molecule has 1 rings (SSSR count). The van der Waals surface area contributed by atoms with Gasteiger partial charge in [0.2, 0.25) is 0 Å². The molecule has 2 atom stereocenters. The fourth-order valence-corrected chi connectivity index (χ4v) is 2.19. The van der Waals surface area contributed by atoms with E-state index in [4.69, 9.17) is 10.6 Å². The van der Waals surface area contributed by atoms with Crippen LogP contribution in [0.5, 0.6) is 0 Å². The van der Waals surface area contributed by atoms with E-state index in [2.05, 4.69) is 33.4 Å². The van der Waals surface area contributed by atoms with E-state index in [-0.39, 0.29) is 12.1 Å². The van der Waals surface area contributed by atoms with Gasteiger partial charge in [-0.25, -0.2) is 5.43 Å². The predicted molar refractivity (Wildman–Crippen MR) is 66.8 cm³/mol. The van der Waals surface area contributed by atoms with E-state index in [1.54, 1.807) is 13.3 Å². The lowest BCUT2D eigenvalue weighted by Crippen LogP contribution is -2.37. The summed E-state index contributed by atoms with van der Waals surface area (Å²) in [6.45, 7) is 4.96. The number of hydrogen-bond acceptors (Lipinski definition) is 4. The zero-order chi connectivity index (χ0) is 12.1. The molecule has 0 saturated heterocycles. The highest BCUT2D eigenvalue weighted by Crippen LogP contribution is 2.26. The van der Waals surface area contributed by atoms with Crippen LogP contribution in [0.4, 0.5) is 0 Å². The lowest BCUT2D eigenvalue weighted by Gasteiger charge is -2.23. The van der Waals surface area contributed by atoms with Gasteiger partial charge in [-0.3, -0.25) is 10.5 Å². The van der Waals surface area contributed by atoms with E-state index in [1.165, 1.54) is 0 Å². The summed E-state index contributed by atoms with van der Waals surface area (Å²) in [5, 5.41) is 4.31. The summed E-state index contributed by atoms with van der Waals surface area (Å²) in [5.41, 5.74) is 3.81. The van der Waals surface area contributed by atoms with Gasteiger partial charge in [0, 0.05) is 13.7 Å². The Balaban J connectivity index is 3.02. The molecular weight excluding hydrogens is 272 g/mol. The normalized spacial score (nSPS) is 15.1. The molecule has 0 radical (unpaired) electrons. The first-order valence-electron chi connectivity index (χ1n) is 5.35. The van der Waals surface area contributed by atoms with Gasteiger partial charge in [-0.05, 0) is 29.3 Å². The molecule has 0 aliphatic heterocycles. The van der Waals surface area contributed by atoms with Crippen LogP contribution < -0.4 is 11.3 Å². The Labute approximate surface area is 104 Å². The van der Waals surface area contributed by atoms with Gasteiger partial charge < -0.3 is 4.74 Å². The third-order valence-corrected chi connectivity index (χ3v) is 3.19. The summed E-state index contributed by atoms with van der Waals surface area (Å²) in [7, 11) is 1.67. The number of nitrogens with one attached hydrogen (secondary N) is 1. The van der Waals surface area contributed by atoms with Crippen LogP contribution in [0.15, 0.2) is 10.7 Å². The van der Waals surface area contributed by atoms with E-state index in [1.807, 2.05) is 11.6 Å². The van der Waals surface area contributed by atoms with Gasteiger partial charge in [-0.1, -0.05) is 6.92 Å². The quantitative estimate of drug-likeness (QED) is 0.617. The molecule has 1 aromatic heterocycles. The molecule has 2 unspecified atom stereocenters. The Bertz CT molecular complexity index is 329. The molecule has 0 aliphatic rings. The molecule has 0 fully saturated rings. The molecule has 0 amide bonds. The average molecular weight is 291 g/mol. The number of hydrogen-bond donors (Lipinski definition) is 2. The van der Waals surface area contributed by atoms with Crippen molar-refractivity contribution in [3.63, 3.8) is 0 Å². The molecule has 1 heterocycles. The Morgan fingerprint density at radius 3 is 2.88 bits per heavy atom. The number of rotatable bonds is 6. The first-order valence-corrected chi connectivity index (χ1v) is 6.15. The smallest absolute Gasteiger partial charge is 0.0898 e. The number of halogens is 1.